The first-order valence-corrected chi connectivity index (χ1v) is 7.40. The normalized spacial score (nSPS) is 10.9. The maximum atomic E-state index is 6.22. The van der Waals surface area contributed by atoms with Crippen molar-refractivity contribution in [3.05, 3.63) is 54.1 Å². The molecule has 3 heterocycles. The van der Waals surface area contributed by atoms with E-state index in [2.05, 4.69) is 30.6 Å². The summed E-state index contributed by atoms with van der Waals surface area (Å²) in [7, 11) is 0. The minimum Gasteiger partial charge on any atom is -0.393 e. The van der Waals surface area contributed by atoms with Crippen molar-refractivity contribution in [1.82, 2.24) is 29.9 Å². The number of benzene rings is 1. The van der Waals surface area contributed by atoms with E-state index >= 15 is 0 Å². The third-order valence-corrected chi connectivity index (χ3v) is 3.73. The minimum atomic E-state index is 0.322. The molecule has 8 nitrogen and oxygen atoms in total. The number of halogens is 1. The smallest absolute Gasteiger partial charge is 0.184 e. The molecule has 0 aliphatic heterocycles. The highest BCUT2D eigenvalue weighted by Crippen LogP contribution is 2.28. The summed E-state index contributed by atoms with van der Waals surface area (Å²) in [4.78, 5) is 12.4. The molecule has 1 aromatic carbocycles. The molecule has 24 heavy (non-hydrogen) atoms. The average molecular weight is 339 g/mol. The number of aromatic nitrogens is 6. The van der Waals surface area contributed by atoms with Crippen molar-refractivity contribution >= 4 is 39.8 Å². The van der Waals surface area contributed by atoms with Crippen LogP contribution in [0, 0.1) is 0 Å². The Balaban J connectivity index is 1.80. The third-order valence-electron chi connectivity index (χ3n) is 3.43. The molecule has 118 valence electrons. The van der Waals surface area contributed by atoms with Crippen LogP contribution in [0.15, 0.2) is 48.9 Å². The van der Waals surface area contributed by atoms with Gasteiger partial charge in [-0.25, -0.2) is 15.0 Å². The average Bonchev–Trinajstić information content (AvgIpc) is 3.03. The molecule has 3 N–H and O–H groups in total. The predicted octanol–water partition coefficient (Wildman–Crippen LogP) is 2.58. The van der Waals surface area contributed by atoms with E-state index in [1.165, 1.54) is 6.33 Å². The molecule has 0 saturated carbocycles. The van der Waals surface area contributed by atoms with Gasteiger partial charge in [-0.3, -0.25) is 0 Å². The molecular formula is C15H11ClN8. The van der Waals surface area contributed by atoms with Gasteiger partial charge in [-0.1, -0.05) is 28.9 Å². The molecule has 0 fully saturated rings. The topological polar surface area (TPSA) is 107 Å². The van der Waals surface area contributed by atoms with Crippen molar-refractivity contribution in [2.24, 2.45) is 0 Å². The molecule has 0 aliphatic carbocycles. The molecule has 0 spiro atoms. The van der Waals surface area contributed by atoms with Gasteiger partial charge in [-0.2, -0.15) is 4.68 Å². The first-order chi connectivity index (χ1) is 11.7. The molecule has 0 unspecified atom stereocenters. The van der Waals surface area contributed by atoms with Crippen LogP contribution in [-0.4, -0.2) is 29.9 Å². The molecule has 4 rings (SSSR count). The number of hydrogen-bond donors (Lipinski definition) is 2. The Labute approximate surface area is 141 Å². The predicted molar refractivity (Wildman–Crippen MR) is 91.4 cm³/mol. The number of nitrogens with zero attached hydrogens (tertiary/aromatic N) is 6. The summed E-state index contributed by atoms with van der Waals surface area (Å²) in [5, 5.41) is 11.6. The summed E-state index contributed by atoms with van der Waals surface area (Å²) in [5.74, 6) is 0.843. The minimum absolute atomic E-state index is 0.322. The summed E-state index contributed by atoms with van der Waals surface area (Å²) < 4.78 is 1.57. The summed E-state index contributed by atoms with van der Waals surface area (Å²) in [6, 6.07) is 11.1. The van der Waals surface area contributed by atoms with Gasteiger partial charge in [0, 0.05) is 6.20 Å². The second kappa shape index (κ2) is 5.74. The van der Waals surface area contributed by atoms with Gasteiger partial charge in [0.2, 0.25) is 0 Å². The lowest BCUT2D eigenvalue weighted by Gasteiger charge is -2.11. The Morgan fingerprint density at radius 1 is 1.04 bits per heavy atom. The van der Waals surface area contributed by atoms with Crippen molar-refractivity contribution < 1.29 is 0 Å². The number of fused-ring (bicyclic) bond motifs is 1. The Bertz CT molecular complexity index is 1030. The van der Waals surface area contributed by atoms with E-state index in [0.717, 1.165) is 11.0 Å². The highest BCUT2D eigenvalue weighted by molar-refractivity contribution is 6.32. The van der Waals surface area contributed by atoms with Gasteiger partial charge in [-0.15, -0.1) is 5.10 Å². The van der Waals surface area contributed by atoms with Crippen LogP contribution in [0.1, 0.15) is 0 Å². The van der Waals surface area contributed by atoms with Gasteiger partial charge < -0.3 is 11.1 Å². The van der Waals surface area contributed by atoms with Crippen LogP contribution < -0.4 is 11.1 Å². The summed E-state index contributed by atoms with van der Waals surface area (Å²) in [6.45, 7) is 0. The van der Waals surface area contributed by atoms with Crippen LogP contribution in [0.5, 0.6) is 0 Å². The highest BCUT2D eigenvalue weighted by atomic mass is 35.5. The molecule has 9 heteroatoms. The van der Waals surface area contributed by atoms with Crippen LogP contribution in [0.4, 0.5) is 17.2 Å². The van der Waals surface area contributed by atoms with Gasteiger partial charge >= 0.3 is 0 Å². The molecular weight excluding hydrogens is 328 g/mol. The number of hydrogen-bond acceptors (Lipinski definition) is 7. The molecule has 3 aromatic heterocycles. The Morgan fingerprint density at radius 3 is 2.79 bits per heavy atom. The van der Waals surface area contributed by atoms with Gasteiger partial charge in [0.1, 0.15) is 17.5 Å². The van der Waals surface area contributed by atoms with Gasteiger partial charge in [-0.05, 0) is 24.3 Å². The lowest BCUT2D eigenvalue weighted by molar-refractivity contribution is 0.800. The van der Waals surface area contributed by atoms with E-state index in [-0.39, 0.29) is 0 Å². The third kappa shape index (κ3) is 2.38. The molecule has 0 aliphatic rings. The number of nitrogens with one attached hydrogen (secondary N) is 1. The maximum absolute atomic E-state index is 6.22. The lowest BCUT2D eigenvalue weighted by atomic mass is 10.3. The molecule has 4 aromatic rings. The second-order valence-electron chi connectivity index (χ2n) is 4.92. The Hall–Kier alpha value is -3.26. The molecule has 0 amide bonds. The second-order valence-corrected chi connectivity index (χ2v) is 5.27. The van der Waals surface area contributed by atoms with Crippen LogP contribution in [0.2, 0.25) is 5.15 Å². The van der Waals surface area contributed by atoms with Crippen molar-refractivity contribution in [3.63, 3.8) is 0 Å². The van der Waals surface area contributed by atoms with Crippen molar-refractivity contribution in [2.45, 2.75) is 0 Å². The number of para-hydroxylation sites is 1. The van der Waals surface area contributed by atoms with Crippen LogP contribution in [-0.2, 0) is 0 Å². The summed E-state index contributed by atoms with van der Waals surface area (Å²) in [5.41, 5.74) is 8.70. The fraction of sp³-hybridized carbons (Fsp3) is 0. The maximum Gasteiger partial charge on any atom is 0.184 e. The van der Waals surface area contributed by atoms with Crippen molar-refractivity contribution in [3.8, 4) is 5.82 Å². The number of nitrogens with two attached hydrogens (primary N) is 1. The van der Waals surface area contributed by atoms with Gasteiger partial charge in [0.25, 0.3) is 0 Å². The molecule has 0 radical (unpaired) electrons. The van der Waals surface area contributed by atoms with Gasteiger partial charge in [0.15, 0.2) is 16.8 Å². The van der Waals surface area contributed by atoms with E-state index in [0.29, 0.717) is 28.2 Å². The number of nitrogen functional groups attached to an aromatic ring is 1. The largest absolute Gasteiger partial charge is 0.393 e. The van der Waals surface area contributed by atoms with Crippen LogP contribution in [0.25, 0.3) is 16.9 Å². The number of anilines is 3. The van der Waals surface area contributed by atoms with Crippen LogP contribution in [0.3, 0.4) is 0 Å². The number of pyridine rings is 1. The Morgan fingerprint density at radius 2 is 1.92 bits per heavy atom. The number of rotatable bonds is 3. The standard InChI is InChI=1S/C15H11ClN8/c16-13-10(5-3-7-18-13)21-14-12(17)15(20-8-19-14)24-11-6-2-1-4-9(11)22-23-24/h1-8H,17H2,(H,19,20,21). The van der Waals surface area contributed by atoms with Gasteiger partial charge in [0.05, 0.1) is 11.2 Å². The molecule has 0 bridgehead atoms. The summed E-state index contributed by atoms with van der Waals surface area (Å²) in [6.07, 6.45) is 3.00. The van der Waals surface area contributed by atoms with Crippen LogP contribution >= 0.6 is 11.6 Å². The van der Waals surface area contributed by atoms with Crippen molar-refractivity contribution in [1.29, 1.82) is 0 Å². The first kappa shape index (κ1) is 14.3. The quantitative estimate of drug-likeness (QED) is 0.553. The van der Waals surface area contributed by atoms with E-state index in [4.69, 9.17) is 17.3 Å². The zero-order valence-corrected chi connectivity index (χ0v) is 13.0. The summed E-state index contributed by atoms with van der Waals surface area (Å²) >= 11 is 6.06. The van der Waals surface area contributed by atoms with E-state index < -0.39 is 0 Å². The Kier molecular flexibility index (Phi) is 3.43. The first-order valence-electron chi connectivity index (χ1n) is 7.03. The zero-order valence-electron chi connectivity index (χ0n) is 12.3. The van der Waals surface area contributed by atoms with E-state index in [1.807, 2.05) is 24.3 Å². The fourth-order valence-corrected chi connectivity index (χ4v) is 2.45. The molecule has 0 atom stereocenters. The zero-order chi connectivity index (χ0) is 16.5. The molecule has 0 saturated heterocycles. The van der Waals surface area contributed by atoms with E-state index in [9.17, 15) is 0 Å². The SMILES string of the molecule is Nc1c(Nc2cccnc2Cl)ncnc1-n1nnc2ccccc21. The highest BCUT2D eigenvalue weighted by Gasteiger charge is 2.15. The van der Waals surface area contributed by atoms with E-state index in [1.54, 1.807) is 23.0 Å². The fourth-order valence-electron chi connectivity index (χ4n) is 2.29. The van der Waals surface area contributed by atoms with Crippen molar-refractivity contribution in [2.75, 3.05) is 11.1 Å². The lowest BCUT2D eigenvalue weighted by Crippen LogP contribution is -2.09. The monoisotopic (exact) mass is 338 g/mol.